The van der Waals surface area contributed by atoms with Gasteiger partial charge in [-0.15, -0.1) is 0 Å². The quantitative estimate of drug-likeness (QED) is 0.568. The van der Waals surface area contributed by atoms with Gasteiger partial charge in [0, 0.05) is 30.7 Å². The average molecular weight is 461 g/mol. The summed E-state index contributed by atoms with van der Waals surface area (Å²) in [5.41, 5.74) is 2.07. The Morgan fingerprint density at radius 1 is 1.39 bits per heavy atom. The van der Waals surface area contributed by atoms with E-state index in [-0.39, 0.29) is 5.91 Å². The molecule has 0 aromatic carbocycles. The molecule has 158 valence electrons. The van der Waals surface area contributed by atoms with E-state index in [1.807, 2.05) is 0 Å². The number of nitrogens with one attached hydrogen (secondary N) is 2. The molecule has 10 heteroatoms. The lowest BCUT2D eigenvalue weighted by Crippen LogP contribution is -2.62. The third-order valence-corrected chi connectivity index (χ3v) is 4.94. The molecule has 0 aromatic rings. The summed E-state index contributed by atoms with van der Waals surface area (Å²) in [7, 11) is 0. The van der Waals surface area contributed by atoms with E-state index in [2.05, 4.69) is 37.6 Å². The lowest BCUT2D eigenvalue weighted by molar-refractivity contribution is -0.148. The monoisotopic (exact) mass is 460 g/mol. The molecule has 0 bridgehead atoms. The smallest absolute Gasteiger partial charge is 0.408 e. The highest BCUT2D eigenvalue weighted by Gasteiger charge is 2.34. The van der Waals surface area contributed by atoms with Gasteiger partial charge in [-0.2, -0.15) is 0 Å². The number of hydrogen-bond donors (Lipinski definition) is 3. The Bertz CT molecular complexity index is 634. The number of carbonyl (C=O) groups excluding carboxylic acids is 2. The number of aliphatic carboxylic acids is 1. The Morgan fingerprint density at radius 2 is 2.11 bits per heavy atom. The first-order valence-electron chi connectivity index (χ1n) is 9.42. The van der Waals surface area contributed by atoms with Crippen molar-refractivity contribution in [3.8, 4) is 0 Å². The van der Waals surface area contributed by atoms with E-state index >= 15 is 0 Å². The summed E-state index contributed by atoms with van der Waals surface area (Å²) in [4.78, 5) is 38.7. The third-order valence-electron chi connectivity index (χ3n) is 4.37. The molecule has 1 unspecified atom stereocenters. The molecule has 1 saturated heterocycles. The van der Waals surface area contributed by atoms with Gasteiger partial charge in [0.15, 0.2) is 0 Å². The molecule has 0 radical (unpaired) electrons. The molecule has 2 amide bonds. The summed E-state index contributed by atoms with van der Waals surface area (Å²) in [5, 5.41) is 13.2. The summed E-state index contributed by atoms with van der Waals surface area (Å²) < 4.78 is 6.33. The lowest BCUT2D eigenvalue weighted by atomic mass is 10.1. The maximum Gasteiger partial charge on any atom is 0.408 e. The van der Waals surface area contributed by atoms with Crippen LogP contribution < -0.4 is 10.7 Å². The van der Waals surface area contributed by atoms with Gasteiger partial charge >= 0.3 is 12.1 Å². The van der Waals surface area contributed by atoms with Crippen molar-refractivity contribution in [3.05, 3.63) is 10.6 Å². The van der Waals surface area contributed by atoms with Crippen LogP contribution in [0.4, 0.5) is 4.79 Å². The van der Waals surface area contributed by atoms with Gasteiger partial charge in [0.1, 0.15) is 17.7 Å². The van der Waals surface area contributed by atoms with Crippen LogP contribution in [0.3, 0.4) is 0 Å². The molecule has 0 spiro atoms. The maximum atomic E-state index is 13.1. The largest absolute Gasteiger partial charge is 0.480 e. The van der Waals surface area contributed by atoms with Gasteiger partial charge in [-0.25, -0.2) is 10.2 Å². The predicted octanol–water partition coefficient (Wildman–Crippen LogP) is 1.44. The minimum absolute atomic E-state index is 0.303. The molecular formula is C18H29BrN4O5. The molecule has 1 fully saturated rings. The van der Waals surface area contributed by atoms with E-state index in [1.165, 1.54) is 5.01 Å². The summed E-state index contributed by atoms with van der Waals surface area (Å²) in [6, 6.07) is -1.67. The maximum absolute atomic E-state index is 13.1. The number of ether oxygens (including phenoxy) is 1. The van der Waals surface area contributed by atoms with E-state index in [0.29, 0.717) is 32.5 Å². The first-order valence-corrected chi connectivity index (χ1v) is 10.2. The molecule has 28 heavy (non-hydrogen) atoms. The summed E-state index contributed by atoms with van der Waals surface area (Å²) in [6.07, 6.45) is 3.28. The fraction of sp³-hybridized carbons (Fsp3) is 0.722. The number of hydrogen-bond acceptors (Lipinski definition) is 6. The van der Waals surface area contributed by atoms with Crippen molar-refractivity contribution in [2.75, 3.05) is 26.2 Å². The Morgan fingerprint density at radius 3 is 2.71 bits per heavy atom. The standard InChI is InChI=1S/C18H29BrN4O5/c1-18(2,3)28-17(27)20-14(11-22-8-4-6-12(19)10-22)15(24)23-9-5-7-13(21-23)16(25)26/h6,13-14,21H,4-5,7-11H2,1-3H3,(H,20,27)(H,25,26)/t13-,14?/m0/s1. The molecule has 9 nitrogen and oxygen atoms in total. The minimum atomic E-state index is -1.00. The van der Waals surface area contributed by atoms with Crippen molar-refractivity contribution in [2.24, 2.45) is 0 Å². The first-order chi connectivity index (χ1) is 13.0. The average Bonchev–Trinajstić information content (AvgIpc) is 2.59. The number of rotatable bonds is 5. The molecule has 2 heterocycles. The van der Waals surface area contributed by atoms with Crippen molar-refractivity contribution in [1.82, 2.24) is 20.7 Å². The molecule has 2 atom stereocenters. The van der Waals surface area contributed by atoms with Crippen LogP contribution in [0.25, 0.3) is 0 Å². The molecular weight excluding hydrogens is 432 g/mol. The van der Waals surface area contributed by atoms with E-state index in [0.717, 1.165) is 17.4 Å². The molecule has 0 aromatic heterocycles. The summed E-state index contributed by atoms with van der Waals surface area (Å²) in [6.45, 7) is 7.35. The summed E-state index contributed by atoms with van der Waals surface area (Å²) in [5.74, 6) is -1.37. The zero-order chi connectivity index (χ0) is 20.9. The Balaban J connectivity index is 2.09. The number of amides is 2. The van der Waals surface area contributed by atoms with Crippen LogP contribution >= 0.6 is 15.9 Å². The number of carboxylic acids is 1. The highest BCUT2D eigenvalue weighted by atomic mass is 79.9. The van der Waals surface area contributed by atoms with Gasteiger partial charge in [-0.1, -0.05) is 22.0 Å². The summed E-state index contributed by atoms with van der Waals surface area (Å²) >= 11 is 3.48. The van der Waals surface area contributed by atoms with Crippen molar-refractivity contribution < 1.29 is 24.2 Å². The third kappa shape index (κ3) is 7.06. The Hall–Kier alpha value is -1.65. The zero-order valence-electron chi connectivity index (χ0n) is 16.5. The van der Waals surface area contributed by atoms with Crippen molar-refractivity contribution in [3.63, 3.8) is 0 Å². The van der Waals surface area contributed by atoms with Crippen LogP contribution in [0.1, 0.15) is 40.0 Å². The number of alkyl carbamates (subject to hydrolysis) is 1. The van der Waals surface area contributed by atoms with Crippen molar-refractivity contribution >= 4 is 33.9 Å². The van der Waals surface area contributed by atoms with Crippen LogP contribution in [0.5, 0.6) is 0 Å². The molecule has 3 N–H and O–H groups in total. The van der Waals surface area contributed by atoms with Gasteiger partial charge in [0.2, 0.25) is 0 Å². The Kier molecular flexibility index (Phi) is 7.85. The van der Waals surface area contributed by atoms with Gasteiger partial charge in [-0.05, 0) is 40.0 Å². The number of carbonyl (C=O) groups is 3. The van der Waals surface area contributed by atoms with Gasteiger partial charge in [0.25, 0.3) is 5.91 Å². The van der Waals surface area contributed by atoms with E-state index < -0.39 is 29.7 Å². The zero-order valence-corrected chi connectivity index (χ0v) is 18.1. The SMILES string of the molecule is CC(C)(C)OC(=O)NC(CN1CCC=C(Br)C1)C(=O)N1CCC[C@@H](C(=O)O)N1. The highest BCUT2D eigenvalue weighted by molar-refractivity contribution is 9.11. The van der Waals surface area contributed by atoms with Crippen LogP contribution in [-0.4, -0.2) is 76.8 Å². The van der Waals surface area contributed by atoms with Crippen LogP contribution in [0.2, 0.25) is 0 Å². The van der Waals surface area contributed by atoms with Crippen molar-refractivity contribution in [1.29, 1.82) is 0 Å². The van der Waals surface area contributed by atoms with Gasteiger partial charge < -0.3 is 15.2 Å². The van der Waals surface area contributed by atoms with E-state index in [1.54, 1.807) is 20.8 Å². The van der Waals surface area contributed by atoms with Gasteiger partial charge in [0.05, 0.1) is 0 Å². The second kappa shape index (κ2) is 9.71. The number of carboxylic acid groups (broad SMARTS) is 1. The second-order valence-electron chi connectivity index (χ2n) is 8.03. The van der Waals surface area contributed by atoms with Gasteiger partial charge in [-0.3, -0.25) is 19.5 Å². The molecule has 2 aliphatic rings. The van der Waals surface area contributed by atoms with Crippen molar-refractivity contribution in [2.45, 2.75) is 57.7 Å². The fourth-order valence-electron chi connectivity index (χ4n) is 3.12. The normalized spacial score (nSPS) is 22.2. The van der Waals surface area contributed by atoms with E-state index in [9.17, 15) is 19.5 Å². The molecule has 2 rings (SSSR count). The first kappa shape index (κ1) is 22.6. The van der Waals surface area contributed by atoms with E-state index in [4.69, 9.17) is 4.74 Å². The lowest BCUT2D eigenvalue weighted by Gasteiger charge is -2.36. The molecule has 0 aliphatic carbocycles. The number of hydrazine groups is 1. The second-order valence-corrected chi connectivity index (χ2v) is 9.04. The number of halogens is 1. The Labute approximate surface area is 173 Å². The molecule has 2 aliphatic heterocycles. The predicted molar refractivity (Wildman–Crippen MR) is 107 cm³/mol. The topological polar surface area (TPSA) is 111 Å². The fourth-order valence-corrected chi connectivity index (χ4v) is 3.71. The van der Waals surface area contributed by atoms with Crippen LogP contribution in [-0.2, 0) is 14.3 Å². The van der Waals surface area contributed by atoms with Crippen LogP contribution in [0.15, 0.2) is 10.6 Å². The van der Waals surface area contributed by atoms with Crippen LogP contribution in [0, 0.1) is 0 Å². The highest BCUT2D eigenvalue weighted by Crippen LogP contribution is 2.16. The molecule has 0 saturated carbocycles. The minimum Gasteiger partial charge on any atom is -0.480 e. The number of nitrogens with zero attached hydrogens (tertiary/aromatic N) is 2.